The fraction of sp³-hybridized carbons (Fsp3) is 0.636. The summed E-state index contributed by atoms with van der Waals surface area (Å²) in [6, 6.07) is -0.215. The Morgan fingerprint density at radius 2 is 2.14 bits per heavy atom. The molecule has 0 aliphatic heterocycles. The van der Waals surface area contributed by atoms with Gasteiger partial charge >= 0.3 is 0 Å². The summed E-state index contributed by atoms with van der Waals surface area (Å²) in [5.41, 5.74) is 10.9. The van der Waals surface area contributed by atoms with Gasteiger partial charge in [-0.3, -0.25) is 0 Å². The van der Waals surface area contributed by atoms with Gasteiger partial charge < -0.3 is 15.8 Å². The van der Waals surface area contributed by atoms with Crippen molar-refractivity contribution in [3.05, 3.63) is 22.5 Å². The third-order valence-corrected chi connectivity index (χ3v) is 3.10. The number of nitrogens with two attached hydrogens (primary N) is 1. The second-order valence-corrected chi connectivity index (χ2v) is 4.12. The van der Waals surface area contributed by atoms with Gasteiger partial charge in [-0.05, 0) is 43.7 Å². The first-order valence-electron chi connectivity index (χ1n) is 5.30. The van der Waals surface area contributed by atoms with Crippen molar-refractivity contribution in [2.75, 3.05) is 6.61 Å². The Morgan fingerprint density at radius 1 is 1.43 bits per heavy atom. The predicted molar refractivity (Wildman–Crippen MR) is 56.2 cm³/mol. The van der Waals surface area contributed by atoms with Crippen LogP contribution in [0.3, 0.4) is 0 Å². The highest BCUT2D eigenvalue weighted by Crippen LogP contribution is 2.29. The van der Waals surface area contributed by atoms with Gasteiger partial charge in [0.05, 0.1) is 12.6 Å². The smallest absolute Gasteiger partial charge is 0.0625 e. The lowest BCUT2D eigenvalue weighted by molar-refractivity contribution is 0.267. The summed E-state index contributed by atoms with van der Waals surface area (Å²) in [6.07, 6.45) is 4.76. The van der Waals surface area contributed by atoms with Gasteiger partial charge in [0.2, 0.25) is 0 Å². The Bertz CT molecular complexity index is 330. The molecule has 14 heavy (non-hydrogen) atoms. The molecule has 2 rings (SSSR count). The lowest BCUT2D eigenvalue weighted by Gasteiger charge is -2.15. The summed E-state index contributed by atoms with van der Waals surface area (Å²) in [6.45, 7) is 2.08. The SMILES string of the molecule is Cc1[nH]c2c(c1C(N)CO)CCCC2. The van der Waals surface area contributed by atoms with Crippen molar-refractivity contribution < 1.29 is 5.11 Å². The molecule has 4 N–H and O–H groups in total. The quantitative estimate of drug-likeness (QED) is 0.662. The Labute approximate surface area is 84.3 Å². The summed E-state index contributed by atoms with van der Waals surface area (Å²) in [7, 11) is 0. The lowest BCUT2D eigenvalue weighted by atomic mass is 9.92. The number of hydrogen-bond donors (Lipinski definition) is 3. The van der Waals surface area contributed by atoms with Crippen molar-refractivity contribution in [3.8, 4) is 0 Å². The number of fused-ring (bicyclic) bond motifs is 1. The number of H-pyrrole nitrogens is 1. The maximum Gasteiger partial charge on any atom is 0.0625 e. The number of aromatic amines is 1. The molecule has 0 amide bonds. The third kappa shape index (κ3) is 1.47. The highest BCUT2D eigenvalue weighted by atomic mass is 16.3. The van der Waals surface area contributed by atoms with E-state index >= 15 is 0 Å². The molecule has 0 spiro atoms. The molecule has 1 aromatic rings. The molecular weight excluding hydrogens is 176 g/mol. The van der Waals surface area contributed by atoms with Crippen molar-refractivity contribution in [3.63, 3.8) is 0 Å². The van der Waals surface area contributed by atoms with E-state index < -0.39 is 0 Å². The molecule has 1 atom stereocenters. The van der Waals surface area contributed by atoms with Crippen LogP contribution in [-0.4, -0.2) is 16.7 Å². The minimum atomic E-state index is -0.215. The van der Waals surface area contributed by atoms with Gasteiger partial charge in [0.1, 0.15) is 0 Å². The number of nitrogens with one attached hydrogen (secondary N) is 1. The molecule has 3 heteroatoms. The Hall–Kier alpha value is -0.800. The first kappa shape index (κ1) is 9.74. The topological polar surface area (TPSA) is 62.0 Å². The molecule has 0 radical (unpaired) electrons. The van der Waals surface area contributed by atoms with Gasteiger partial charge in [0, 0.05) is 11.4 Å². The van der Waals surface area contributed by atoms with Gasteiger partial charge in [-0.15, -0.1) is 0 Å². The average molecular weight is 194 g/mol. The standard InChI is InChI=1S/C11H18N2O/c1-7-11(9(12)6-14)8-4-2-3-5-10(8)13-7/h9,13-14H,2-6,12H2,1H3. The van der Waals surface area contributed by atoms with Crippen LogP contribution < -0.4 is 5.73 Å². The molecule has 1 aromatic heterocycles. The summed E-state index contributed by atoms with van der Waals surface area (Å²) in [5.74, 6) is 0. The van der Waals surface area contributed by atoms with E-state index in [1.807, 2.05) is 6.92 Å². The minimum Gasteiger partial charge on any atom is -0.394 e. The van der Waals surface area contributed by atoms with Crippen LogP contribution in [0, 0.1) is 6.92 Å². The summed E-state index contributed by atoms with van der Waals surface area (Å²) in [4.78, 5) is 3.39. The zero-order valence-corrected chi connectivity index (χ0v) is 8.64. The molecule has 0 aromatic carbocycles. The highest BCUT2D eigenvalue weighted by molar-refractivity contribution is 5.40. The second kappa shape index (κ2) is 3.75. The Morgan fingerprint density at radius 3 is 2.86 bits per heavy atom. The monoisotopic (exact) mass is 194 g/mol. The fourth-order valence-corrected chi connectivity index (χ4v) is 2.45. The van der Waals surface area contributed by atoms with Gasteiger partial charge in [-0.1, -0.05) is 0 Å². The molecule has 78 valence electrons. The van der Waals surface area contributed by atoms with E-state index in [9.17, 15) is 0 Å². The van der Waals surface area contributed by atoms with Gasteiger partial charge in [-0.2, -0.15) is 0 Å². The van der Waals surface area contributed by atoms with E-state index in [2.05, 4.69) is 4.98 Å². The highest BCUT2D eigenvalue weighted by Gasteiger charge is 2.21. The van der Waals surface area contributed by atoms with Crippen molar-refractivity contribution in [1.82, 2.24) is 4.98 Å². The molecule has 3 nitrogen and oxygen atoms in total. The number of aromatic nitrogens is 1. The molecule has 1 aliphatic rings. The van der Waals surface area contributed by atoms with Crippen LogP contribution in [0.15, 0.2) is 0 Å². The van der Waals surface area contributed by atoms with E-state index in [0.29, 0.717) is 0 Å². The van der Waals surface area contributed by atoms with Crippen LogP contribution in [0.5, 0.6) is 0 Å². The van der Waals surface area contributed by atoms with Gasteiger partial charge in [0.25, 0.3) is 0 Å². The maximum absolute atomic E-state index is 9.09. The summed E-state index contributed by atoms with van der Waals surface area (Å²) < 4.78 is 0. The molecule has 1 unspecified atom stereocenters. The zero-order chi connectivity index (χ0) is 10.1. The van der Waals surface area contributed by atoms with E-state index in [4.69, 9.17) is 10.8 Å². The van der Waals surface area contributed by atoms with Crippen molar-refractivity contribution in [2.45, 2.75) is 38.6 Å². The maximum atomic E-state index is 9.09. The number of aryl methyl sites for hydroxylation is 2. The van der Waals surface area contributed by atoms with E-state index in [1.54, 1.807) is 0 Å². The fourth-order valence-electron chi connectivity index (χ4n) is 2.45. The van der Waals surface area contributed by atoms with E-state index in [1.165, 1.54) is 24.1 Å². The molecule has 0 saturated carbocycles. The Balaban J connectivity index is 2.42. The van der Waals surface area contributed by atoms with E-state index in [0.717, 1.165) is 24.1 Å². The molecule has 1 heterocycles. The first-order chi connectivity index (χ1) is 6.74. The third-order valence-electron chi connectivity index (χ3n) is 3.10. The zero-order valence-electron chi connectivity index (χ0n) is 8.64. The van der Waals surface area contributed by atoms with Crippen molar-refractivity contribution in [1.29, 1.82) is 0 Å². The molecule has 1 aliphatic carbocycles. The van der Waals surface area contributed by atoms with Crippen molar-refractivity contribution >= 4 is 0 Å². The van der Waals surface area contributed by atoms with Gasteiger partial charge in [0.15, 0.2) is 0 Å². The second-order valence-electron chi connectivity index (χ2n) is 4.12. The van der Waals surface area contributed by atoms with Crippen molar-refractivity contribution in [2.24, 2.45) is 5.73 Å². The summed E-state index contributed by atoms with van der Waals surface area (Å²) in [5, 5.41) is 9.09. The van der Waals surface area contributed by atoms with E-state index in [-0.39, 0.29) is 12.6 Å². The van der Waals surface area contributed by atoms with Gasteiger partial charge in [-0.25, -0.2) is 0 Å². The number of hydrogen-bond acceptors (Lipinski definition) is 2. The normalized spacial score (nSPS) is 17.9. The van der Waals surface area contributed by atoms with Crippen LogP contribution >= 0.6 is 0 Å². The molecule has 0 saturated heterocycles. The number of aliphatic hydroxyl groups excluding tert-OH is 1. The molecule has 0 bridgehead atoms. The average Bonchev–Trinajstić information content (AvgIpc) is 2.53. The Kier molecular flexibility index (Phi) is 2.61. The number of rotatable bonds is 2. The molecular formula is C11H18N2O. The van der Waals surface area contributed by atoms with Crippen LogP contribution in [0.1, 0.15) is 41.4 Å². The van der Waals surface area contributed by atoms with Crippen LogP contribution in [0.4, 0.5) is 0 Å². The van der Waals surface area contributed by atoms with Crippen LogP contribution in [0.25, 0.3) is 0 Å². The predicted octanol–water partition coefficient (Wildman–Crippen LogP) is 1.19. The largest absolute Gasteiger partial charge is 0.394 e. The number of aliphatic hydroxyl groups is 1. The molecule has 0 fully saturated rings. The lowest BCUT2D eigenvalue weighted by Crippen LogP contribution is -2.17. The first-order valence-corrected chi connectivity index (χ1v) is 5.30. The van der Waals surface area contributed by atoms with Crippen LogP contribution in [0.2, 0.25) is 0 Å². The minimum absolute atomic E-state index is 0.0329. The summed E-state index contributed by atoms with van der Waals surface area (Å²) >= 11 is 0. The van der Waals surface area contributed by atoms with Crippen LogP contribution in [-0.2, 0) is 12.8 Å².